The molecule has 0 aliphatic rings. The van der Waals surface area contributed by atoms with Gasteiger partial charge in [0.1, 0.15) is 16.5 Å². The standard InChI is InChI=1S/C15H10N2O4S/c18-11-5-6-12(14(19)7-11)13-8-22-15(16-13)9-1-3-10(4-2-9)17(20)21/h1-8,18-19H. The van der Waals surface area contributed by atoms with Gasteiger partial charge in [0.2, 0.25) is 0 Å². The van der Waals surface area contributed by atoms with Crippen LogP contribution in [0.1, 0.15) is 0 Å². The largest absolute Gasteiger partial charge is 0.508 e. The van der Waals surface area contributed by atoms with Crippen molar-refractivity contribution < 1.29 is 15.1 Å². The summed E-state index contributed by atoms with van der Waals surface area (Å²) in [4.78, 5) is 14.6. The first kappa shape index (κ1) is 14.0. The lowest BCUT2D eigenvalue weighted by atomic mass is 10.1. The highest BCUT2D eigenvalue weighted by Crippen LogP contribution is 2.35. The maximum Gasteiger partial charge on any atom is 0.269 e. The Balaban J connectivity index is 1.95. The second kappa shape index (κ2) is 5.45. The molecule has 0 fully saturated rings. The minimum atomic E-state index is -0.453. The zero-order valence-corrected chi connectivity index (χ0v) is 11.9. The molecule has 3 aromatic rings. The van der Waals surface area contributed by atoms with Crippen molar-refractivity contribution in [2.24, 2.45) is 0 Å². The number of nitro groups is 1. The summed E-state index contributed by atoms with van der Waals surface area (Å²) in [5.41, 5.74) is 1.88. The van der Waals surface area contributed by atoms with Crippen LogP contribution in [-0.2, 0) is 0 Å². The van der Waals surface area contributed by atoms with Gasteiger partial charge in [0.15, 0.2) is 0 Å². The van der Waals surface area contributed by atoms with Gasteiger partial charge < -0.3 is 10.2 Å². The summed E-state index contributed by atoms with van der Waals surface area (Å²) < 4.78 is 0. The number of thiazole rings is 1. The Morgan fingerprint density at radius 2 is 1.82 bits per heavy atom. The van der Waals surface area contributed by atoms with Gasteiger partial charge in [-0.05, 0) is 24.3 Å². The van der Waals surface area contributed by atoms with E-state index in [9.17, 15) is 20.3 Å². The number of hydrogen-bond acceptors (Lipinski definition) is 6. The fourth-order valence-corrected chi connectivity index (χ4v) is 2.82. The van der Waals surface area contributed by atoms with Crippen molar-refractivity contribution in [2.75, 3.05) is 0 Å². The van der Waals surface area contributed by atoms with Crippen LogP contribution in [-0.4, -0.2) is 20.1 Å². The third kappa shape index (κ3) is 2.61. The van der Waals surface area contributed by atoms with E-state index >= 15 is 0 Å². The molecule has 7 heteroatoms. The molecule has 2 aromatic carbocycles. The molecule has 1 aromatic heterocycles. The lowest BCUT2D eigenvalue weighted by Gasteiger charge is -2.01. The van der Waals surface area contributed by atoms with Crippen LogP contribution >= 0.6 is 11.3 Å². The first-order valence-corrected chi connectivity index (χ1v) is 7.15. The summed E-state index contributed by atoms with van der Waals surface area (Å²) in [6, 6.07) is 10.4. The SMILES string of the molecule is O=[N+]([O-])c1ccc(-c2nc(-c3ccc(O)cc3O)cs2)cc1. The van der Waals surface area contributed by atoms with Crippen molar-refractivity contribution in [3.05, 3.63) is 58.0 Å². The Morgan fingerprint density at radius 1 is 1.09 bits per heavy atom. The number of hydrogen-bond donors (Lipinski definition) is 2. The predicted octanol–water partition coefficient (Wildman–Crippen LogP) is 3.80. The van der Waals surface area contributed by atoms with Gasteiger partial charge in [0, 0.05) is 34.7 Å². The number of nitrogens with zero attached hydrogens (tertiary/aromatic N) is 2. The van der Waals surface area contributed by atoms with E-state index in [1.807, 2.05) is 0 Å². The number of phenols is 2. The number of benzene rings is 2. The molecular weight excluding hydrogens is 304 g/mol. The number of aromatic hydroxyl groups is 2. The zero-order valence-electron chi connectivity index (χ0n) is 11.1. The molecule has 3 rings (SSSR count). The van der Waals surface area contributed by atoms with E-state index < -0.39 is 4.92 Å². The van der Waals surface area contributed by atoms with E-state index in [1.54, 1.807) is 23.6 Å². The molecular formula is C15H10N2O4S. The molecule has 0 atom stereocenters. The highest BCUT2D eigenvalue weighted by Gasteiger charge is 2.12. The third-order valence-corrected chi connectivity index (χ3v) is 3.98. The van der Waals surface area contributed by atoms with Crippen LogP contribution in [0.3, 0.4) is 0 Å². The monoisotopic (exact) mass is 314 g/mol. The van der Waals surface area contributed by atoms with E-state index in [0.29, 0.717) is 16.3 Å². The van der Waals surface area contributed by atoms with Gasteiger partial charge in [-0.3, -0.25) is 10.1 Å². The highest BCUT2D eigenvalue weighted by molar-refractivity contribution is 7.13. The zero-order chi connectivity index (χ0) is 15.7. The lowest BCUT2D eigenvalue weighted by molar-refractivity contribution is -0.384. The van der Waals surface area contributed by atoms with Crippen molar-refractivity contribution in [1.82, 2.24) is 4.98 Å². The molecule has 6 nitrogen and oxygen atoms in total. The molecule has 0 aliphatic carbocycles. The summed E-state index contributed by atoms with van der Waals surface area (Å²) in [7, 11) is 0. The van der Waals surface area contributed by atoms with Crippen LogP contribution in [0.15, 0.2) is 47.8 Å². The molecule has 0 amide bonds. The normalized spacial score (nSPS) is 10.5. The van der Waals surface area contributed by atoms with Crippen LogP contribution in [0.25, 0.3) is 21.8 Å². The average molecular weight is 314 g/mol. The molecule has 1 heterocycles. The number of phenolic OH excluding ortho intramolecular Hbond substituents is 2. The summed E-state index contributed by atoms with van der Waals surface area (Å²) in [6.07, 6.45) is 0. The van der Waals surface area contributed by atoms with Crippen LogP contribution < -0.4 is 0 Å². The molecule has 22 heavy (non-hydrogen) atoms. The van der Waals surface area contributed by atoms with Gasteiger partial charge in [-0.25, -0.2) is 4.98 Å². The molecule has 0 spiro atoms. The minimum absolute atomic E-state index is 0.0212. The second-order valence-electron chi connectivity index (χ2n) is 4.54. The van der Waals surface area contributed by atoms with Gasteiger partial charge in [0.25, 0.3) is 5.69 Å². The van der Waals surface area contributed by atoms with Crippen LogP contribution in [0.4, 0.5) is 5.69 Å². The summed E-state index contributed by atoms with van der Waals surface area (Å²) >= 11 is 1.37. The molecule has 0 radical (unpaired) electrons. The molecule has 0 unspecified atom stereocenters. The third-order valence-electron chi connectivity index (χ3n) is 3.09. The Hall–Kier alpha value is -2.93. The Labute approximate surface area is 129 Å². The van der Waals surface area contributed by atoms with Gasteiger partial charge in [-0.15, -0.1) is 11.3 Å². The minimum Gasteiger partial charge on any atom is -0.508 e. The van der Waals surface area contributed by atoms with Crippen LogP contribution in [0.5, 0.6) is 11.5 Å². The number of nitro benzene ring substituents is 1. The smallest absolute Gasteiger partial charge is 0.269 e. The lowest BCUT2D eigenvalue weighted by Crippen LogP contribution is -1.87. The Bertz CT molecular complexity index is 843. The quantitative estimate of drug-likeness (QED) is 0.566. The van der Waals surface area contributed by atoms with Crippen molar-refractivity contribution in [1.29, 1.82) is 0 Å². The van der Waals surface area contributed by atoms with Gasteiger partial charge in [-0.1, -0.05) is 0 Å². The summed E-state index contributed by atoms with van der Waals surface area (Å²) in [5.74, 6) is -0.0763. The molecule has 0 saturated heterocycles. The molecule has 0 saturated carbocycles. The molecule has 0 aliphatic heterocycles. The molecule has 0 bridgehead atoms. The second-order valence-corrected chi connectivity index (χ2v) is 5.40. The van der Waals surface area contributed by atoms with Crippen molar-refractivity contribution in [3.63, 3.8) is 0 Å². The fourth-order valence-electron chi connectivity index (χ4n) is 1.99. The highest BCUT2D eigenvalue weighted by atomic mass is 32.1. The van der Waals surface area contributed by atoms with E-state index in [4.69, 9.17) is 0 Å². The van der Waals surface area contributed by atoms with Gasteiger partial charge in [-0.2, -0.15) is 0 Å². The van der Waals surface area contributed by atoms with Crippen LogP contribution in [0, 0.1) is 10.1 Å². The van der Waals surface area contributed by atoms with E-state index in [0.717, 1.165) is 5.56 Å². The van der Waals surface area contributed by atoms with E-state index in [1.165, 1.54) is 35.6 Å². The number of rotatable bonds is 3. The topological polar surface area (TPSA) is 96.5 Å². The van der Waals surface area contributed by atoms with Gasteiger partial charge in [0.05, 0.1) is 10.6 Å². The maximum atomic E-state index is 10.6. The first-order chi connectivity index (χ1) is 10.5. The van der Waals surface area contributed by atoms with Crippen LogP contribution in [0.2, 0.25) is 0 Å². The Kier molecular flexibility index (Phi) is 3.48. The van der Waals surface area contributed by atoms with Crippen molar-refractivity contribution in [2.45, 2.75) is 0 Å². The molecule has 2 N–H and O–H groups in total. The predicted molar refractivity (Wildman–Crippen MR) is 83.0 cm³/mol. The van der Waals surface area contributed by atoms with Crippen molar-refractivity contribution >= 4 is 17.0 Å². The average Bonchev–Trinajstić information content (AvgIpc) is 2.97. The first-order valence-electron chi connectivity index (χ1n) is 6.27. The number of non-ortho nitro benzene ring substituents is 1. The van der Waals surface area contributed by atoms with E-state index in [-0.39, 0.29) is 17.2 Å². The van der Waals surface area contributed by atoms with Gasteiger partial charge >= 0.3 is 0 Å². The summed E-state index contributed by atoms with van der Waals surface area (Å²) in [5, 5.41) is 32.3. The number of aromatic nitrogens is 1. The van der Waals surface area contributed by atoms with Crippen molar-refractivity contribution in [3.8, 4) is 33.3 Å². The summed E-state index contributed by atoms with van der Waals surface area (Å²) in [6.45, 7) is 0. The fraction of sp³-hybridized carbons (Fsp3) is 0. The van der Waals surface area contributed by atoms with E-state index in [2.05, 4.69) is 4.98 Å². The maximum absolute atomic E-state index is 10.6. The molecule has 110 valence electrons. The Morgan fingerprint density at radius 3 is 2.45 bits per heavy atom.